The highest BCUT2D eigenvalue weighted by molar-refractivity contribution is 6.46. The third kappa shape index (κ3) is 3.71. The number of anilines is 1. The van der Waals surface area contributed by atoms with Gasteiger partial charge in [0.1, 0.15) is 11.4 Å². The van der Waals surface area contributed by atoms with Crippen LogP contribution in [0.2, 0.25) is 10.0 Å². The molecule has 8 heteroatoms. The topological polar surface area (TPSA) is 70.1 Å². The van der Waals surface area contributed by atoms with Gasteiger partial charge in [0.05, 0.1) is 25.0 Å². The number of methoxy groups -OCH3 is 1. The predicted molar refractivity (Wildman–Crippen MR) is 109 cm³/mol. The molecule has 0 saturated carbocycles. The van der Waals surface area contributed by atoms with Crippen LogP contribution in [0, 0.1) is 0 Å². The van der Waals surface area contributed by atoms with Gasteiger partial charge >= 0.3 is 0 Å². The Kier molecular flexibility index (Phi) is 5.93. The molecule has 0 atom stereocenters. The number of carbonyl (C=O) groups excluding carboxylic acids is 2. The van der Waals surface area contributed by atoms with Crippen molar-refractivity contribution < 1.29 is 19.4 Å². The molecule has 0 fully saturated rings. The molecule has 0 saturated heterocycles. The van der Waals surface area contributed by atoms with Crippen LogP contribution in [0.25, 0.3) is 5.57 Å². The SMILES string of the molecule is COc1ccc(C2=C(N(C)CCO)C(=O)N(c3cc(Cl)cc(Cl)c3)C2=O)cc1. The number of rotatable bonds is 6. The number of halogens is 2. The normalized spacial score (nSPS) is 14.1. The minimum atomic E-state index is -0.509. The van der Waals surface area contributed by atoms with Gasteiger partial charge in [0.15, 0.2) is 0 Å². The Hall–Kier alpha value is -2.54. The molecule has 0 bridgehead atoms. The first kappa shape index (κ1) is 20.2. The fourth-order valence-electron chi connectivity index (χ4n) is 3.05. The van der Waals surface area contributed by atoms with Crippen LogP contribution in [-0.4, -0.2) is 49.1 Å². The van der Waals surface area contributed by atoms with E-state index < -0.39 is 11.8 Å². The second-order valence-electron chi connectivity index (χ2n) is 6.17. The molecule has 6 nitrogen and oxygen atoms in total. The zero-order valence-electron chi connectivity index (χ0n) is 15.3. The number of hydrogen-bond donors (Lipinski definition) is 1. The summed E-state index contributed by atoms with van der Waals surface area (Å²) in [4.78, 5) is 29.0. The van der Waals surface area contributed by atoms with Gasteiger partial charge in [-0.1, -0.05) is 35.3 Å². The number of benzene rings is 2. The molecular formula is C20H18Cl2N2O4. The van der Waals surface area contributed by atoms with E-state index in [2.05, 4.69) is 0 Å². The van der Waals surface area contributed by atoms with Gasteiger partial charge in [-0.15, -0.1) is 0 Å². The Bertz CT molecular complexity index is 937. The van der Waals surface area contributed by atoms with E-state index in [1.165, 1.54) is 18.2 Å². The summed E-state index contributed by atoms with van der Waals surface area (Å²) in [5.41, 5.74) is 1.28. The Morgan fingerprint density at radius 2 is 1.64 bits per heavy atom. The van der Waals surface area contributed by atoms with E-state index in [0.29, 0.717) is 21.4 Å². The van der Waals surface area contributed by atoms with Crippen LogP contribution in [-0.2, 0) is 9.59 Å². The van der Waals surface area contributed by atoms with Crippen LogP contribution < -0.4 is 9.64 Å². The fraction of sp³-hybridized carbons (Fsp3) is 0.200. The molecule has 2 aromatic rings. The van der Waals surface area contributed by atoms with Crippen molar-refractivity contribution in [1.82, 2.24) is 4.90 Å². The molecule has 146 valence electrons. The summed E-state index contributed by atoms with van der Waals surface area (Å²) >= 11 is 12.1. The number of carbonyl (C=O) groups is 2. The van der Waals surface area contributed by atoms with E-state index in [1.807, 2.05) is 0 Å². The maximum atomic E-state index is 13.3. The molecule has 0 unspecified atom stereocenters. The molecule has 3 rings (SSSR count). The summed E-state index contributed by atoms with van der Waals surface area (Å²) in [6.07, 6.45) is 0. The van der Waals surface area contributed by atoms with Gasteiger partial charge in [-0.2, -0.15) is 0 Å². The molecule has 1 heterocycles. The first-order valence-corrected chi connectivity index (χ1v) is 9.18. The molecule has 28 heavy (non-hydrogen) atoms. The molecule has 1 aliphatic rings. The molecule has 0 spiro atoms. The van der Waals surface area contributed by atoms with Gasteiger partial charge in [0, 0.05) is 23.6 Å². The minimum Gasteiger partial charge on any atom is -0.497 e. The van der Waals surface area contributed by atoms with Gasteiger partial charge in [0.2, 0.25) is 0 Å². The summed E-state index contributed by atoms with van der Waals surface area (Å²) in [7, 11) is 3.19. The predicted octanol–water partition coefficient (Wildman–Crippen LogP) is 3.21. The van der Waals surface area contributed by atoms with E-state index in [0.717, 1.165) is 4.90 Å². The second kappa shape index (κ2) is 8.22. The number of likely N-dealkylation sites (N-methyl/N-ethyl adjacent to an activating group) is 1. The number of aliphatic hydroxyl groups excluding tert-OH is 1. The van der Waals surface area contributed by atoms with Crippen LogP contribution in [0.5, 0.6) is 5.75 Å². The summed E-state index contributed by atoms with van der Waals surface area (Å²) in [5.74, 6) is -0.372. The number of ether oxygens (including phenoxy) is 1. The van der Waals surface area contributed by atoms with Crippen molar-refractivity contribution in [2.45, 2.75) is 0 Å². The van der Waals surface area contributed by atoms with E-state index in [1.54, 1.807) is 43.3 Å². The lowest BCUT2D eigenvalue weighted by Crippen LogP contribution is -2.34. The van der Waals surface area contributed by atoms with Crippen LogP contribution >= 0.6 is 23.2 Å². The van der Waals surface area contributed by atoms with Crippen LogP contribution in [0.15, 0.2) is 48.2 Å². The number of hydrogen-bond acceptors (Lipinski definition) is 5. The second-order valence-corrected chi connectivity index (χ2v) is 7.04. The minimum absolute atomic E-state index is 0.166. The molecular weight excluding hydrogens is 403 g/mol. The average molecular weight is 421 g/mol. The lowest BCUT2D eigenvalue weighted by atomic mass is 10.0. The van der Waals surface area contributed by atoms with Crippen molar-refractivity contribution >= 4 is 46.3 Å². The van der Waals surface area contributed by atoms with Gasteiger partial charge < -0.3 is 14.7 Å². The Morgan fingerprint density at radius 3 is 2.18 bits per heavy atom. The van der Waals surface area contributed by atoms with Crippen molar-refractivity contribution in [1.29, 1.82) is 0 Å². The van der Waals surface area contributed by atoms with Crippen LogP contribution in [0.4, 0.5) is 5.69 Å². The molecule has 2 amide bonds. The average Bonchev–Trinajstić information content (AvgIpc) is 2.91. The van der Waals surface area contributed by atoms with Gasteiger partial charge in [0.25, 0.3) is 11.8 Å². The van der Waals surface area contributed by atoms with Gasteiger partial charge in [-0.05, 0) is 35.9 Å². The largest absolute Gasteiger partial charge is 0.497 e. The Labute approximate surface area is 172 Å². The number of nitrogens with zero attached hydrogens (tertiary/aromatic N) is 2. The van der Waals surface area contributed by atoms with Crippen LogP contribution in [0.3, 0.4) is 0 Å². The van der Waals surface area contributed by atoms with Gasteiger partial charge in [-0.25, -0.2) is 4.90 Å². The summed E-state index contributed by atoms with van der Waals surface area (Å²) < 4.78 is 5.16. The lowest BCUT2D eigenvalue weighted by Gasteiger charge is -2.20. The first-order chi connectivity index (χ1) is 13.4. The molecule has 0 aromatic heterocycles. The molecule has 1 aliphatic heterocycles. The van der Waals surface area contributed by atoms with Crippen molar-refractivity contribution in [2.24, 2.45) is 0 Å². The zero-order chi connectivity index (χ0) is 20.4. The number of aliphatic hydroxyl groups is 1. The van der Waals surface area contributed by atoms with E-state index in [9.17, 15) is 14.7 Å². The molecule has 0 radical (unpaired) electrons. The monoisotopic (exact) mass is 420 g/mol. The standard InChI is InChI=1S/C20H18Cl2N2O4/c1-23(7-8-25)18-17(12-3-5-16(28-2)6-4-12)19(26)24(20(18)27)15-10-13(21)9-14(22)11-15/h3-6,9-11,25H,7-8H2,1-2H3. The quantitative estimate of drug-likeness (QED) is 0.726. The summed E-state index contributed by atoms with van der Waals surface area (Å²) in [5, 5.41) is 9.93. The fourth-order valence-corrected chi connectivity index (χ4v) is 3.57. The van der Waals surface area contributed by atoms with Gasteiger partial charge in [-0.3, -0.25) is 9.59 Å². The third-order valence-corrected chi connectivity index (χ3v) is 4.80. The van der Waals surface area contributed by atoms with E-state index in [-0.39, 0.29) is 30.1 Å². The Morgan fingerprint density at radius 1 is 1.04 bits per heavy atom. The molecule has 2 aromatic carbocycles. The number of imide groups is 1. The van der Waals surface area contributed by atoms with Crippen LogP contribution in [0.1, 0.15) is 5.56 Å². The molecule has 1 N–H and O–H groups in total. The van der Waals surface area contributed by atoms with Crippen molar-refractivity contribution in [3.05, 3.63) is 63.8 Å². The van der Waals surface area contributed by atoms with Crippen molar-refractivity contribution in [2.75, 3.05) is 32.2 Å². The summed E-state index contributed by atoms with van der Waals surface area (Å²) in [6.45, 7) is 0.0263. The molecule has 0 aliphatic carbocycles. The smallest absolute Gasteiger partial charge is 0.282 e. The maximum Gasteiger partial charge on any atom is 0.282 e. The van der Waals surface area contributed by atoms with E-state index in [4.69, 9.17) is 27.9 Å². The lowest BCUT2D eigenvalue weighted by molar-refractivity contribution is -0.120. The highest BCUT2D eigenvalue weighted by atomic mass is 35.5. The third-order valence-electron chi connectivity index (χ3n) is 4.36. The maximum absolute atomic E-state index is 13.3. The van der Waals surface area contributed by atoms with E-state index >= 15 is 0 Å². The highest BCUT2D eigenvalue weighted by Crippen LogP contribution is 2.36. The zero-order valence-corrected chi connectivity index (χ0v) is 16.8. The van der Waals surface area contributed by atoms with Crippen molar-refractivity contribution in [3.63, 3.8) is 0 Å². The first-order valence-electron chi connectivity index (χ1n) is 8.43. The number of amides is 2. The highest BCUT2D eigenvalue weighted by Gasteiger charge is 2.41. The van der Waals surface area contributed by atoms with Crippen molar-refractivity contribution in [3.8, 4) is 5.75 Å². The summed E-state index contributed by atoms with van der Waals surface area (Å²) in [6, 6.07) is 11.4. The Balaban J connectivity index is 2.13.